The van der Waals surface area contributed by atoms with Crippen LogP contribution in [0.25, 0.3) is 0 Å². The van der Waals surface area contributed by atoms with Crippen LogP contribution in [0.15, 0.2) is 0 Å². The average Bonchev–Trinajstić information content (AvgIpc) is 2.29. The third-order valence-electron chi connectivity index (χ3n) is 2.30. The Bertz CT molecular complexity index is 266. The maximum atomic E-state index is 11.7. The molecule has 0 amide bonds. The van der Waals surface area contributed by atoms with E-state index in [1.165, 1.54) is 4.31 Å². The molecule has 0 aromatic rings. The molecule has 1 heterocycles. The monoisotopic (exact) mass is 221 g/mol. The zero-order chi connectivity index (χ0) is 10.6. The molecule has 84 valence electrons. The van der Waals surface area contributed by atoms with Gasteiger partial charge in [-0.25, -0.2) is 4.72 Å². The molecule has 1 unspecified atom stereocenters. The van der Waals surface area contributed by atoms with Gasteiger partial charge in [0.1, 0.15) is 0 Å². The van der Waals surface area contributed by atoms with E-state index in [4.69, 9.17) is 0 Å². The van der Waals surface area contributed by atoms with Crippen LogP contribution in [0, 0.1) is 0 Å². The number of hydrogen-bond donors (Lipinski definition) is 2. The molecule has 0 aromatic heterocycles. The molecule has 1 fully saturated rings. The lowest BCUT2D eigenvalue weighted by atomic mass is 10.3. The summed E-state index contributed by atoms with van der Waals surface area (Å²) in [7, 11) is -3.26. The number of nitrogens with one attached hydrogen (secondary N) is 2. The van der Waals surface area contributed by atoms with Gasteiger partial charge < -0.3 is 5.32 Å². The third kappa shape index (κ3) is 2.91. The molecule has 0 saturated carbocycles. The Labute approximate surface area is 86.0 Å². The summed E-state index contributed by atoms with van der Waals surface area (Å²) in [6.45, 7) is 6.38. The number of rotatable bonds is 3. The van der Waals surface area contributed by atoms with Crippen molar-refractivity contribution in [1.82, 2.24) is 14.3 Å². The first-order chi connectivity index (χ1) is 6.58. The van der Waals surface area contributed by atoms with Crippen molar-refractivity contribution in [2.24, 2.45) is 0 Å². The Kier molecular flexibility index (Phi) is 4.31. The summed E-state index contributed by atoms with van der Waals surface area (Å²) in [5.74, 6) is 0. The molecule has 0 bridgehead atoms. The topological polar surface area (TPSA) is 61.4 Å². The summed E-state index contributed by atoms with van der Waals surface area (Å²) < 4.78 is 27.5. The Morgan fingerprint density at radius 1 is 1.57 bits per heavy atom. The lowest BCUT2D eigenvalue weighted by Gasteiger charge is -2.25. The highest BCUT2D eigenvalue weighted by atomic mass is 32.2. The maximum Gasteiger partial charge on any atom is 0.279 e. The van der Waals surface area contributed by atoms with Gasteiger partial charge in [-0.1, -0.05) is 6.92 Å². The van der Waals surface area contributed by atoms with Crippen LogP contribution in [0.3, 0.4) is 0 Å². The first-order valence-electron chi connectivity index (χ1n) is 5.05. The summed E-state index contributed by atoms with van der Waals surface area (Å²) in [4.78, 5) is 0. The highest BCUT2D eigenvalue weighted by molar-refractivity contribution is 7.87. The van der Waals surface area contributed by atoms with Gasteiger partial charge in [0.25, 0.3) is 10.2 Å². The van der Waals surface area contributed by atoms with E-state index in [1.54, 1.807) is 6.92 Å². The van der Waals surface area contributed by atoms with Crippen LogP contribution in [-0.2, 0) is 10.2 Å². The fourth-order valence-corrected chi connectivity index (χ4v) is 3.06. The minimum atomic E-state index is -3.26. The molecule has 0 spiro atoms. The minimum absolute atomic E-state index is 0.0292. The maximum absolute atomic E-state index is 11.7. The number of nitrogens with zero attached hydrogens (tertiary/aromatic N) is 1. The first kappa shape index (κ1) is 11.9. The molecule has 1 atom stereocenters. The van der Waals surface area contributed by atoms with Gasteiger partial charge in [0.2, 0.25) is 0 Å². The Morgan fingerprint density at radius 2 is 2.29 bits per heavy atom. The zero-order valence-corrected chi connectivity index (χ0v) is 9.60. The van der Waals surface area contributed by atoms with Gasteiger partial charge in [-0.05, 0) is 19.9 Å². The van der Waals surface area contributed by atoms with Gasteiger partial charge in [0, 0.05) is 25.7 Å². The molecule has 0 aromatic carbocycles. The van der Waals surface area contributed by atoms with E-state index in [0.29, 0.717) is 13.1 Å². The molecule has 1 rings (SSSR count). The second-order valence-electron chi connectivity index (χ2n) is 3.52. The molecule has 1 aliphatic heterocycles. The zero-order valence-electron chi connectivity index (χ0n) is 8.78. The fraction of sp³-hybridized carbons (Fsp3) is 1.00. The van der Waals surface area contributed by atoms with Crippen molar-refractivity contribution in [1.29, 1.82) is 0 Å². The van der Waals surface area contributed by atoms with E-state index >= 15 is 0 Å². The lowest BCUT2D eigenvalue weighted by molar-refractivity contribution is 0.348. The summed E-state index contributed by atoms with van der Waals surface area (Å²) in [6.07, 6.45) is 0.870. The van der Waals surface area contributed by atoms with Crippen LogP contribution >= 0.6 is 0 Å². The molecular weight excluding hydrogens is 202 g/mol. The van der Waals surface area contributed by atoms with E-state index < -0.39 is 10.2 Å². The summed E-state index contributed by atoms with van der Waals surface area (Å²) >= 11 is 0. The molecule has 1 aliphatic rings. The molecule has 1 saturated heterocycles. The van der Waals surface area contributed by atoms with Gasteiger partial charge in [0.05, 0.1) is 0 Å². The van der Waals surface area contributed by atoms with E-state index in [0.717, 1.165) is 19.5 Å². The van der Waals surface area contributed by atoms with Crippen molar-refractivity contribution in [3.8, 4) is 0 Å². The van der Waals surface area contributed by atoms with Crippen LogP contribution in [0.2, 0.25) is 0 Å². The van der Waals surface area contributed by atoms with Gasteiger partial charge in [-0.15, -0.1) is 0 Å². The molecular formula is C8H19N3O2S. The lowest BCUT2D eigenvalue weighted by Crippen LogP contribution is -2.47. The van der Waals surface area contributed by atoms with Gasteiger partial charge in [0.15, 0.2) is 0 Å². The van der Waals surface area contributed by atoms with E-state index in [-0.39, 0.29) is 6.04 Å². The van der Waals surface area contributed by atoms with Crippen molar-refractivity contribution < 1.29 is 8.42 Å². The molecule has 5 nitrogen and oxygen atoms in total. The van der Waals surface area contributed by atoms with Crippen molar-refractivity contribution in [2.45, 2.75) is 26.3 Å². The predicted octanol–water partition coefficient (Wildman–Crippen LogP) is -0.475. The van der Waals surface area contributed by atoms with E-state index in [2.05, 4.69) is 10.0 Å². The Morgan fingerprint density at radius 3 is 2.93 bits per heavy atom. The van der Waals surface area contributed by atoms with Gasteiger partial charge in [-0.2, -0.15) is 12.7 Å². The van der Waals surface area contributed by atoms with Crippen LogP contribution in [0.4, 0.5) is 0 Å². The van der Waals surface area contributed by atoms with Crippen molar-refractivity contribution in [3.63, 3.8) is 0 Å². The van der Waals surface area contributed by atoms with Crippen LogP contribution < -0.4 is 10.0 Å². The van der Waals surface area contributed by atoms with E-state index in [9.17, 15) is 8.42 Å². The summed E-state index contributed by atoms with van der Waals surface area (Å²) in [6, 6.07) is 0.0292. The molecule has 0 radical (unpaired) electrons. The standard InChI is InChI=1S/C8H19N3O2S/c1-3-10-14(12,13)11-6-4-5-9-7-8(11)2/h8-10H,3-7H2,1-2H3. The predicted molar refractivity (Wildman–Crippen MR) is 56.3 cm³/mol. The molecule has 6 heteroatoms. The van der Waals surface area contributed by atoms with Crippen LogP contribution in [0.5, 0.6) is 0 Å². The summed E-state index contributed by atoms with van der Waals surface area (Å²) in [5.41, 5.74) is 0. The highest BCUT2D eigenvalue weighted by Crippen LogP contribution is 2.08. The van der Waals surface area contributed by atoms with Gasteiger partial charge >= 0.3 is 0 Å². The second kappa shape index (κ2) is 5.06. The number of hydrogen-bond acceptors (Lipinski definition) is 3. The van der Waals surface area contributed by atoms with Crippen molar-refractivity contribution in [3.05, 3.63) is 0 Å². The van der Waals surface area contributed by atoms with Crippen LogP contribution in [0.1, 0.15) is 20.3 Å². The highest BCUT2D eigenvalue weighted by Gasteiger charge is 2.27. The largest absolute Gasteiger partial charge is 0.315 e. The smallest absolute Gasteiger partial charge is 0.279 e. The minimum Gasteiger partial charge on any atom is -0.315 e. The SMILES string of the molecule is CCNS(=O)(=O)N1CCCNCC1C. The van der Waals surface area contributed by atoms with Crippen molar-refractivity contribution in [2.75, 3.05) is 26.2 Å². The Hall–Kier alpha value is -0.170. The first-order valence-corrected chi connectivity index (χ1v) is 6.49. The molecule has 0 aliphatic carbocycles. The fourth-order valence-electron chi connectivity index (χ4n) is 1.62. The second-order valence-corrected chi connectivity index (χ2v) is 5.23. The van der Waals surface area contributed by atoms with Crippen LogP contribution in [-0.4, -0.2) is 44.9 Å². The Balaban J connectivity index is 2.72. The van der Waals surface area contributed by atoms with E-state index in [1.807, 2.05) is 6.92 Å². The average molecular weight is 221 g/mol. The molecule has 14 heavy (non-hydrogen) atoms. The quantitative estimate of drug-likeness (QED) is 0.677. The summed E-state index contributed by atoms with van der Waals surface area (Å²) in [5, 5.41) is 3.21. The molecule has 2 N–H and O–H groups in total. The normalized spacial score (nSPS) is 26.0. The van der Waals surface area contributed by atoms with Crippen molar-refractivity contribution >= 4 is 10.2 Å². The third-order valence-corrected chi connectivity index (χ3v) is 4.11. The van der Waals surface area contributed by atoms with Gasteiger partial charge in [-0.3, -0.25) is 0 Å².